The molecular weight excluding hydrogens is 230 g/mol. The molecule has 1 N–H and O–H groups in total. The van der Waals surface area contributed by atoms with Gasteiger partial charge in [-0.3, -0.25) is 9.59 Å². The van der Waals surface area contributed by atoms with Gasteiger partial charge in [-0.1, -0.05) is 0 Å². The third-order valence-corrected chi connectivity index (χ3v) is 3.13. The Kier molecular flexibility index (Phi) is 3.92. The summed E-state index contributed by atoms with van der Waals surface area (Å²) in [5.41, 5.74) is 0.590. The maximum atomic E-state index is 11.0. The van der Waals surface area contributed by atoms with Crippen LogP contribution < -0.4 is 10.2 Å². The van der Waals surface area contributed by atoms with Gasteiger partial charge in [0, 0.05) is 37.8 Å². The maximum absolute atomic E-state index is 11.0. The van der Waals surface area contributed by atoms with Gasteiger partial charge in [-0.15, -0.1) is 0 Å². The zero-order valence-electron chi connectivity index (χ0n) is 10.4. The minimum atomic E-state index is 0.0295. The van der Waals surface area contributed by atoms with Crippen LogP contribution in [0.15, 0.2) is 18.3 Å². The quantitative estimate of drug-likeness (QED) is 0.809. The number of nitrogens with zero attached hydrogens (tertiary/aromatic N) is 2. The Bertz CT molecular complexity index is 422. The van der Waals surface area contributed by atoms with Crippen LogP contribution in [0.4, 0.5) is 5.82 Å². The second kappa shape index (κ2) is 5.62. The highest BCUT2D eigenvalue weighted by molar-refractivity contribution is 5.74. The standard InChI is InChI=1S/C13H17N3O2/c1-10(18)15-12-4-6-16(7-5-12)13-3-2-11(9-17)8-14-13/h2-3,8-9,12H,4-7H2,1H3,(H,15,18). The summed E-state index contributed by atoms with van der Waals surface area (Å²) in [5, 5.41) is 2.94. The number of pyridine rings is 1. The fourth-order valence-corrected chi connectivity index (χ4v) is 2.19. The Hall–Kier alpha value is -1.91. The largest absolute Gasteiger partial charge is 0.356 e. The Balaban J connectivity index is 1.92. The van der Waals surface area contributed by atoms with E-state index in [1.165, 1.54) is 0 Å². The first kappa shape index (κ1) is 12.5. The van der Waals surface area contributed by atoms with E-state index in [2.05, 4.69) is 15.2 Å². The molecule has 5 heteroatoms. The second-order valence-electron chi connectivity index (χ2n) is 4.53. The van der Waals surface area contributed by atoms with Crippen LogP contribution in [0, 0.1) is 0 Å². The molecule has 0 saturated carbocycles. The van der Waals surface area contributed by atoms with E-state index in [4.69, 9.17) is 0 Å². The summed E-state index contributed by atoms with van der Waals surface area (Å²) in [6.45, 7) is 3.29. The molecule has 96 valence electrons. The molecule has 0 radical (unpaired) electrons. The summed E-state index contributed by atoms with van der Waals surface area (Å²) in [4.78, 5) is 27.9. The fraction of sp³-hybridized carbons (Fsp3) is 0.462. The topological polar surface area (TPSA) is 62.3 Å². The van der Waals surface area contributed by atoms with Gasteiger partial charge >= 0.3 is 0 Å². The van der Waals surface area contributed by atoms with Crippen molar-refractivity contribution < 1.29 is 9.59 Å². The van der Waals surface area contributed by atoms with Gasteiger partial charge in [0.25, 0.3) is 0 Å². The SMILES string of the molecule is CC(=O)NC1CCN(c2ccc(C=O)cn2)CC1. The monoisotopic (exact) mass is 247 g/mol. The third kappa shape index (κ3) is 3.06. The lowest BCUT2D eigenvalue weighted by Gasteiger charge is -2.32. The molecule has 0 aromatic carbocycles. The molecule has 0 unspecified atom stereocenters. The second-order valence-corrected chi connectivity index (χ2v) is 4.53. The Morgan fingerprint density at radius 2 is 2.17 bits per heavy atom. The van der Waals surface area contributed by atoms with Gasteiger partial charge in [-0.05, 0) is 25.0 Å². The number of carbonyl (C=O) groups is 2. The summed E-state index contributed by atoms with van der Waals surface area (Å²) in [6, 6.07) is 3.91. The summed E-state index contributed by atoms with van der Waals surface area (Å²) in [7, 11) is 0. The summed E-state index contributed by atoms with van der Waals surface area (Å²) in [6.07, 6.45) is 4.23. The predicted octanol–water partition coefficient (Wildman–Crippen LogP) is 0.999. The number of carbonyl (C=O) groups excluding carboxylic acids is 2. The first-order chi connectivity index (χ1) is 8.69. The van der Waals surface area contributed by atoms with Gasteiger partial charge in [0.15, 0.2) is 6.29 Å². The molecule has 2 rings (SSSR count). The highest BCUT2D eigenvalue weighted by Gasteiger charge is 2.20. The normalized spacial score (nSPS) is 16.4. The molecule has 2 heterocycles. The van der Waals surface area contributed by atoms with E-state index in [-0.39, 0.29) is 11.9 Å². The molecule has 0 bridgehead atoms. The van der Waals surface area contributed by atoms with E-state index >= 15 is 0 Å². The summed E-state index contributed by atoms with van der Waals surface area (Å²) >= 11 is 0. The molecule has 1 aromatic rings. The van der Waals surface area contributed by atoms with Crippen LogP contribution in [-0.4, -0.2) is 36.3 Å². The van der Waals surface area contributed by atoms with Gasteiger partial charge in [0.2, 0.25) is 5.91 Å². The van der Waals surface area contributed by atoms with Crippen LogP contribution in [0.2, 0.25) is 0 Å². The lowest BCUT2D eigenvalue weighted by atomic mass is 10.1. The number of aromatic nitrogens is 1. The minimum Gasteiger partial charge on any atom is -0.356 e. The fourth-order valence-electron chi connectivity index (χ4n) is 2.19. The van der Waals surface area contributed by atoms with Crippen LogP contribution in [-0.2, 0) is 4.79 Å². The van der Waals surface area contributed by atoms with Gasteiger partial charge in [-0.2, -0.15) is 0 Å². The number of hydrogen-bond acceptors (Lipinski definition) is 4. The molecule has 0 aliphatic carbocycles. The smallest absolute Gasteiger partial charge is 0.217 e. The van der Waals surface area contributed by atoms with Crippen LogP contribution >= 0.6 is 0 Å². The van der Waals surface area contributed by atoms with E-state index in [0.717, 1.165) is 38.0 Å². The van der Waals surface area contributed by atoms with Crippen molar-refractivity contribution in [3.05, 3.63) is 23.9 Å². The van der Waals surface area contributed by atoms with Gasteiger partial charge < -0.3 is 10.2 Å². The van der Waals surface area contributed by atoms with Crippen LogP contribution in [0.5, 0.6) is 0 Å². The van der Waals surface area contributed by atoms with E-state index < -0.39 is 0 Å². The number of hydrogen-bond donors (Lipinski definition) is 1. The molecular formula is C13H17N3O2. The molecule has 5 nitrogen and oxygen atoms in total. The van der Waals surface area contributed by atoms with E-state index in [0.29, 0.717) is 5.56 Å². The molecule has 1 aromatic heterocycles. The van der Waals surface area contributed by atoms with Crippen LogP contribution in [0.3, 0.4) is 0 Å². The van der Waals surface area contributed by atoms with Gasteiger partial charge in [0.05, 0.1) is 0 Å². The number of piperidine rings is 1. The molecule has 1 aliphatic heterocycles. The van der Waals surface area contributed by atoms with Crippen molar-refractivity contribution in [3.8, 4) is 0 Å². The van der Waals surface area contributed by atoms with Crippen molar-refractivity contribution in [1.29, 1.82) is 0 Å². The first-order valence-electron chi connectivity index (χ1n) is 6.12. The molecule has 0 spiro atoms. The highest BCUT2D eigenvalue weighted by atomic mass is 16.1. The van der Waals surface area contributed by atoms with Crippen molar-refractivity contribution in [2.45, 2.75) is 25.8 Å². The molecule has 1 saturated heterocycles. The highest BCUT2D eigenvalue weighted by Crippen LogP contribution is 2.17. The van der Waals surface area contributed by atoms with Crippen molar-refractivity contribution in [2.75, 3.05) is 18.0 Å². The zero-order valence-corrected chi connectivity index (χ0v) is 10.4. The minimum absolute atomic E-state index is 0.0295. The van der Waals surface area contributed by atoms with Crippen molar-refractivity contribution in [2.24, 2.45) is 0 Å². The van der Waals surface area contributed by atoms with Crippen molar-refractivity contribution in [3.63, 3.8) is 0 Å². The number of rotatable bonds is 3. The average Bonchev–Trinajstić information content (AvgIpc) is 2.39. The van der Waals surface area contributed by atoms with E-state index in [9.17, 15) is 9.59 Å². The van der Waals surface area contributed by atoms with Crippen molar-refractivity contribution >= 4 is 18.0 Å². The maximum Gasteiger partial charge on any atom is 0.217 e. The number of aldehydes is 1. The van der Waals surface area contributed by atoms with Crippen LogP contribution in [0.1, 0.15) is 30.1 Å². The Labute approximate surface area is 106 Å². The van der Waals surface area contributed by atoms with E-state index in [1.807, 2.05) is 6.07 Å². The van der Waals surface area contributed by atoms with Crippen LogP contribution in [0.25, 0.3) is 0 Å². The molecule has 1 amide bonds. The molecule has 18 heavy (non-hydrogen) atoms. The number of amides is 1. The Morgan fingerprint density at radius 1 is 1.44 bits per heavy atom. The first-order valence-corrected chi connectivity index (χ1v) is 6.12. The number of nitrogens with one attached hydrogen (secondary N) is 1. The molecule has 1 aliphatic rings. The summed E-state index contributed by atoms with van der Waals surface area (Å²) < 4.78 is 0. The number of anilines is 1. The summed E-state index contributed by atoms with van der Waals surface area (Å²) in [5.74, 6) is 0.920. The Morgan fingerprint density at radius 3 is 2.67 bits per heavy atom. The average molecular weight is 247 g/mol. The third-order valence-electron chi connectivity index (χ3n) is 3.13. The molecule has 0 atom stereocenters. The lowest BCUT2D eigenvalue weighted by molar-refractivity contribution is -0.119. The lowest BCUT2D eigenvalue weighted by Crippen LogP contribution is -2.44. The van der Waals surface area contributed by atoms with E-state index in [1.54, 1.807) is 19.2 Å². The van der Waals surface area contributed by atoms with Crippen molar-refractivity contribution in [1.82, 2.24) is 10.3 Å². The predicted molar refractivity (Wildman–Crippen MR) is 68.7 cm³/mol. The molecule has 1 fully saturated rings. The van der Waals surface area contributed by atoms with Gasteiger partial charge in [0.1, 0.15) is 5.82 Å². The van der Waals surface area contributed by atoms with Gasteiger partial charge in [-0.25, -0.2) is 4.98 Å². The zero-order chi connectivity index (χ0) is 13.0.